The molecule has 3 aliphatic heterocycles. The fraction of sp³-hybridized carbons (Fsp3) is 0.442. The highest BCUT2D eigenvalue weighted by molar-refractivity contribution is 7.00. The van der Waals surface area contributed by atoms with E-state index in [0.717, 1.165) is 23.7 Å². The average Bonchev–Trinajstić information content (AvgIpc) is 3.32. The molecule has 0 amide bonds. The van der Waals surface area contributed by atoms with Gasteiger partial charge in [0, 0.05) is 33.9 Å². The molecule has 3 heterocycles. The molecular formula is C43H47BN2. The van der Waals surface area contributed by atoms with Crippen molar-refractivity contribution >= 4 is 51.5 Å². The van der Waals surface area contributed by atoms with Crippen LogP contribution in [0.2, 0.25) is 0 Å². The van der Waals surface area contributed by atoms with Gasteiger partial charge >= 0.3 is 0 Å². The van der Waals surface area contributed by atoms with Crippen LogP contribution in [0.4, 0.5) is 28.4 Å². The zero-order chi connectivity index (χ0) is 30.9. The summed E-state index contributed by atoms with van der Waals surface area (Å²) in [5.74, 6) is 3.71. The summed E-state index contributed by atoms with van der Waals surface area (Å²) < 4.78 is 0. The minimum Gasteiger partial charge on any atom is -0.335 e. The summed E-state index contributed by atoms with van der Waals surface area (Å²) in [5, 5.41) is 0. The maximum atomic E-state index is 3.00. The second kappa shape index (κ2) is 9.55. The van der Waals surface area contributed by atoms with Crippen LogP contribution in [0.15, 0.2) is 84.9 Å². The lowest BCUT2D eigenvalue weighted by Gasteiger charge is -2.66. The van der Waals surface area contributed by atoms with E-state index in [-0.39, 0.29) is 17.7 Å². The Bertz CT molecular complexity index is 1880. The summed E-state index contributed by atoms with van der Waals surface area (Å²) in [6, 6.07) is 33.2. The lowest BCUT2D eigenvalue weighted by molar-refractivity contribution is -0.0768. The Morgan fingerprint density at radius 3 is 2.13 bits per heavy atom. The van der Waals surface area contributed by atoms with Crippen molar-refractivity contribution < 1.29 is 0 Å². The zero-order valence-electron chi connectivity index (χ0n) is 28.1. The van der Waals surface area contributed by atoms with Gasteiger partial charge < -0.3 is 9.80 Å². The predicted octanol–water partition coefficient (Wildman–Crippen LogP) is 9.22. The molecule has 4 aromatic rings. The molecule has 0 N–H and O–H groups in total. The molecule has 0 spiro atoms. The first-order chi connectivity index (χ1) is 22.4. The van der Waals surface area contributed by atoms with Crippen molar-refractivity contribution in [1.29, 1.82) is 0 Å². The van der Waals surface area contributed by atoms with Crippen molar-refractivity contribution in [2.24, 2.45) is 23.7 Å². The maximum absolute atomic E-state index is 3.00. The second-order valence-electron chi connectivity index (χ2n) is 16.3. The summed E-state index contributed by atoms with van der Waals surface area (Å²) in [4.78, 5) is 5.58. The average molecular weight is 603 g/mol. The second-order valence-corrected chi connectivity index (χ2v) is 16.3. The molecule has 3 heteroatoms. The number of fused-ring (bicyclic) bond motifs is 13. The monoisotopic (exact) mass is 602 g/mol. The molecule has 2 nitrogen and oxygen atoms in total. The van der Waals surface area contributed by atoms with E-state index in [0.29, 0.717) is 5.92 Å². The number of para-hydroxylation sites is 2. The smallest absolute Gasteiger partial charge is 0.252 e. The molecule has 6 atom stereocenters. The maximum Gasteiger partial charge on any atom is 0.252 e. The highest BCUT2D eigenvalue weighted by Crippen LogP contribution is 2.71. The normalized spacial score (nSPS) is 31.5. The fourth-order valence-electron chi connectivity index (χ4n) is 12.5. The van der Waals surface area contributed by atoms with Gasteiger partial charge in [-0.1, -0.05) is 101 Å². The Morgan fingerprint density at radius 2 is 1.35 bits per heavy atom. The van der Waals surface area contributed by atoms with Crippen molar-refractivity contribution in [2.45, 2.75) is 95.9 Å². The number of nitrogens with zero attached hydrogens (tertiary/aromatic N) is 2. The molecule has 0 bridgehead atoms. The van der Waals surface area contributed by atoms with Gasteiger partial charge in [0.15, 0.2) is 0 Å². The molecule has 6 aliphatic rings. The minimum absolute atomic E-state index is 0.0572. The summed E-state index contributed by atoms with van der Waals surface area (Å²) >= 11 is 0. The van der Waals surface area contributed by atoms with E-state index < -0.39 is 0 Å². The fourth-order valence-corrected chi connectivity index (χ4v) is 12.5. The van der Waals surface area contributed by atoms with Gasteiger partial charge in [0.25, 0.3) is 6.71 Å². The molecule has 46 heavy (non-hydrogen) atoms. The van der Waals surface area contributed by atoms with Crippen molar-refractivity contribution in [2.75, 3.05) is 9.80 Å². The van der Waals surface area contributed by atoms with E-state index in [2.05, 4.69) is 122 Å². The number of hydrogen-bond acceptors (Lipinski definition) is 2. The van der Waals surface area contributed by atoms with Crippen LogP contribution in [0, 0.1) is 23.7 Å². The van der Waals surface area contributed by atoms with Crippen LogP contribution >= 0.6 is 0 Å². The lowest BCUT2D eigenvalue weighted by Crippen LogP contribution is -2.70. The summed E-state index contributed by atoms with van der Waals surface area (Å²) in [6.45, 7) is 10.5. The largest absolute Gasteiger partial charge is 0.335 e. The Labute approximate surface area is 276 Å². The van der Waals surface area contributed by atoms with Crippen LogP contribution in [0.25, 0.3) is 0 Å². The van der Waals surface area contributed by atoms with Gasteiger partial charge in [-0.25, -0.2) is 0 Å². The molecule has 0 saturated heterocycles. The SMILES string of the molecule is CC(C)c1ccc2c(c1)B1c3ccccc3N(c3ccccc3)c3ccc4c(c31)N2C1(C)C2CCCCC2C2CCCCC2C41C. The van der Waals surface area contributed by atoms with Crippen LogP contribution < -0.4 is 26.2 Å². The summed E-state index contributed by atoms with van der Waals surface area (Å²) in [5.41, 5.74) is 14.9. The molecule has 0 aromatic heterocycles. The predicted molar refractivity (Wildman–Crippen MR) is 195 cm³/mol. The van der Waals surface area contributed by atoms with Crippen molar-refractivity contribution in [3.63, 3.8) is 0 Å². The van der Waals surface area contributed by atoms with Crippen LogP contribution in [-0.2, 0) is 5.41 Å². The van der Waals surface area contributed by atoms with Crippen LogP contribution in [0.5, 0.6) is 0 Å². The summed E-state index contributed by atoms with van der Waals surface area (Å²) in [6.07, 6.45) is 11.3. The third-order valence-corrected chi connectivity index (χ3v) is 14.4. The van der Waals surface area contributed by atoms with E-state index in [1.54, 1.807) is 16.7 Å². The first kappa shape index (κ1) is 27.6. The molecule has 10 rings (SSSR count). The van der Waals surface area contributed by atoms with Crippen LogP contribution in [-0.4, -0.2) is 12.3 Å². The molecule has 3 aliphatic carbocycles. The molecule has 6 unspecified atom stereocenters. The van der Waals surface area contributed by atoms with Crippen molar-refractivity contribution in [3.8, 4) is 0 Å². The molecule has 232 valence electrons. The van der Waals surface area contributed by atoms with Gasteiger partial charge in [0.2, 0.25) is 0 Å². The van der Waals surface area contributed by atoms with E-state index in [1.807, 2.05) is 0 Å². The highest BCUT2D eigenvalue weighted by Gasteiger charge is 2.71. The quantitative estimate of drug-likeness (QED) is 0.186. The first-order valence-corrected chi connectivity index (χ1v) is 18.5. The number of hydrogen-bond donors (Lipinski definition) is 0. The third-order valence-electron chi connectivity index (χ3n) is 14.4. The summed E-state index contributed by atoms with van der Waals surface area (Å²) in [7, 11) is 0. The van der Waals surface area contributed by atoms with Gasteiger partial charge in [-0.3, -0.25) is 0 Å². The van der Waals surface area contributed by atoms with Gasteiger partial charge in [0.05, 0.1) is 5.54 Å². The van der Waals surface area contributed by atoms with Crippen molar-refractivity contribution in [1.82, 2.24) is 0 Å². The molecule has 0 radical (unpaired) electrons. The van der Waals surface area contributed by atoms with Gasteiger partial charge in [-0.05, 0) is 120 Å². The molecular weight excluding hydrogens is 555 g/mol. The minimum atomic E-state index is 0.0572. The first-order valence-electron chi connectivity index (χ1n) is 18.5. The lowest BCUT2D eigenvalue weighted by atomic mass is 9.33. The number of rotatable bonds is 2. The standard InChI is InChI=1S/C43H47BN2/c1-27(2)28-22-24-38-36(26-28)44-35-20-12-13-21-37(35)45(29-14-6-5-7-15-29)39-25-23-34-41(40(39)44)46(38)43(4)33-19-11-9-17-31(33)30-16-8-10-18-32(30)42(34,43)3/h5-7,12-15,20-27,30-33H,8-11,16-19H2,1-4H3. The third kappa shape index (κ3) is 3.21. The van der Waals surface area contributed by atoms with Crippen LogP contribution in [0.3, 0.4) is 0 Å². The van der Waals surface area contributed by atoms with E-state index in [4.69, 9.17) is 0 Å². The van der Waals surface area contributed by atoms with Crippen LogP contribution in [0.1, 0.15) is 96.1 Å². The van der Waals surface area contributed by atoms with E-state index >= 15 is 0 Å². The van der Waals surface area contributed by atoms with Gasteiger partial charge in [-0.2, -0.15) is 0 Å². The Kier molecular flexibility index (Phi) is 5.74. The Morgan fingerprint density at radius 1 is 0.674 bits per heavy atom. The topological polar surface area (TPSA) is 6.48 Å². The molecule has 3 fully saturated rings. The van der Waals surface area contributed by atoms with Gasteiger partial charge in [0.1, 0.15) is 0 Å². The van der Waals surface area contributed by atoms with Crippen molar-refractivity contribution in [3.05, 3.63) is 96.1 Å². The highest BCUT2D eigenvalue weighted by atomic mass is 15.3. The number of anilines is 5. The van der Waals surface area contributed by atoms with Gasteiger partial charge in [-0.15, -0.1) is 0 Å². The Hall–Kier alpha value is -3.46. The van der Waals surface area contributed by atoms with E-state index in [9.17, 15) is 0 Å². The Balaban J connectivity index is 1.32. The molecule has 4 aromatic carbocycles. The van der Waals surface area contributed by atoms with E-state index in [1.165, 1.54) is 90.6 Å². The zero-order valence-corrected chi connectivity index (χ0v) is 28.1. The number of benzene rings is 4. The molecule has 3 saturated carbocycles.